The van der Waals surface area contributed by atoms with E-state index >= 15 is 0 Å². The van der Waals surface area contributed by atoms with E-state index < -0.39 is 5.82 Å². The minimum absolute atomic E-state index is 0.0520. The summed E-state index contributed by atoms with van der Waals surface area (Å²) in [4.78, 5) is 11.8. The number of hydrogen-bond acceptors (Lipinski definition) is 2. The standard InChI is InChI=1S/C15H16FNO2/c1-10(2)19-14-7-12(16)6-13(8-14)17-9-11(3)4-5-15(17)18/h4-10H,1-3H3. The zero-order chi connectivity index (χ0) is 14.0. The van der Waals surface area contributed by atoms with Gasteiger partial charge in [0.1, 0.15) is 11.6 Å². The number of ether oxygens (including phenoxy) is 1. The van der Waals surface area contributed by atoms with Crippen molar-refractivity contribution in [3.05, 3.63) is 58.3 Å². The maximum absolute atomic E-state index is 13.6. The Morgan fingerprint density at radius 3 is 2.63 bits per heavy atom. The summed E-state index contributed by atoms with van der Waals surface area (Å²) in [6, 6.07) is 7.47. The van der Waals surface area contributed by atoms with Gasteiger partial charge in [-0.05, 0) is 32.4 Å². The van der Waals surface area contributed by atoms with Gasteiger partial charge in [0.2, 0.25) is 0 Å². The van der Waals surface area contributed by atoms with Crippen molar-refractivity contribution in [2.75, 3.05) is 0 Å². The lowest BCUT2D eigenvalue weighted by molar-refractivity contribution is 0.241. The molecule has 0 atom stereocenters. The van der Waals surface area contributed by atoms with Gasteiger partial charge < -0.3 is 4.74 Å². The molecule has 0 unspecified atom stereocenters. The lowest BCUT2D eigenvalue weighted by Crippen LogP contribution is -2.17. The van der Waals surface area contributed by atoms with E-state index in [0.29, 0.717) is 11.4 Å². The van der Waals surface area contributed by atoms with Gasteiger partial charge in [-0.1, -0.05) is 6.07 Å². The van der Waals surface area contributed by atoms with Crippen LogP contribution in [0.3, 0.4) is 0 Å². The fourth-order valence-electron chi connectivity index (χ4n) is 1.82. The fraction of sp³-hybridized carbons (Fsp3) is 0.267. The topological polar surface area (TPSA) is 31.2 Å². The van der Waals surface area contributed by atoms with Crippen molar-refractivity contribution in [2.24, 2.45) is 0 Å². The van der Waals surface area contributed by atoms with Crippen molar-refractivity contribution in [3.8, 4) is 11.4 Å². The van der Waals surface area contributed by atoms with Crippen LogP contribution in [-0.2, 0) is 0 Å². The number of rotatable bonds is 3. The van der Waals surface area contributed by atoms with Crippen LogP contribution in [-0.4, -0.2) is 10.7 Å². The van der Waals surface area contributed by atoms with Gasteiger partial charge in [-0.25, -0.2) is 4.39 Å². The summed E-state index contributed by atoms with van der Waals surface area (Å²) < 4.78 is 20.5. The molecule has 0 radical (unpaired) electrons. The number of hydrogen-bond donors (Lipinski definition) is 0. The van der Waals surface area contributed by atoms with E-state index in [1.54, 1.807) is 18.3 Å². The summed E-state index contributed by atoms with van der Waals surface area (Å²) in [5.41, 5.74) is 1.19. The quantitative estimate of drug-likeness (QED) is 0.850. The number of pyridine rings is 1. The first-order chi connectivity index (χ1) is 8.95. The van der Waals surface area contributed by atoms with Crippen LogP contribution in [0.25, 0.3) is 5.69 Å². The molecule has 1 aromatic carbocycles. The third-order valence-corrected chi connectivity index (χ3v) is 2.56. The highest BCUT2D eigenvalue weighted by Gasteiger charge is 2.06. The van der Waals surface area contributed by atoms with E-state index in [9.17, 15) is 9.18 Å². The SMILES string of the molecule is Cc1ccc(=O)n(-c2cc(F)cc(OC(C)C)c2)c1. The van der Waals surface area contributed by atoms with Crippen molar-refractivity contribution < 1.29 is 9.13 Å². The van der Waals surface area contributed by atoms with E-state index in [-0.39, 0.29) is 11.7 Å². The van der Waals surface area contributed by atoms with Gasteiger partial charge in [-0.15, -0.1) is 0 Å². The predicted octanol–water partition coefficient (Wildman–Crippen LogP) is 3.07. The molecule has 0 N–H and O–H groups in total. The Morgan fingerprint density at radius 1 is 1.21 bits per heavy atom. The molecule has 100 valence electrons. The third-order valence-electron chi connectivity index (χ3n) is 2.56. The average molecular weight is 261 g/mol. The van der Waals surface area contributed by atoms with Gasteiger partial charge in [0.25, 0.3) is 5.56 Å². The fourth-order valence-corrected chi connectivity index (χ4v) is 1.82. The Kier molecular flexibility index (Phi) is 3.69. The zero-order valence-electron chi connectivity index (χ0n) is 11.2. The first-order valence-electron chi connectivity index (χ1n) is 6.12. The molecule has 1 heterocycles. The highest BCUT2D eigenvalue weighted by Crippen LogP contribution is 2.20. The monoisotopic (exact) mass is 261 g/mol. The first kappa shape index (κ1) is 13.3. The van der Waals surface area contributed by atoms with Gasteiger partial charge in [0.15, 0.2) is 0 Å². The van der Waals surface area contributed by atoms with E-state index in [4.69, 9.17) is 4.74 Å². The highest BCUT2D eigenvalue weighted by atomic mass is 19.1. The summed E-state index contributed by atoms with van der Waals surface area (Å²) >= 11 is 0. The Morgan fingerprint density at radius 2 is 1.95 bits per heavy atom. The van der Waals surface area contributed by atoms with Crippen molar-refractivity contribution in [2.45, 2.75) is 26.9 Å². The molecular formula is C15H16FNO2. The van der Waals surface area contributed by atoms with E-state index in [0.717, 1.165) is 5.56 Å². The van der Waals surface area contributed by atoms with Crippen LogP contribution in [0.1, 0.15) is 19.4 Å². The molecule has 0 fully saturated rings. The summed E-state index contributed by atoms with van der Waals surface area (Å²) in [6.07, 6.45) is 1.62. The molecular weight excluding hydrogens is 245 g/mol. The molecule has 0 bridgehead atoms. The average Bonchev–Trinajstić information content (AvgIpc) is 2.30. The van der Waals surface area contributed by atoms with Gasteiger partial charge in [0, 0.05) is 24.4 Å². The lowest BCUT2D eigenvalue weighted by atomic mass is 10.2. The molecule has 1 aromatic heterocycles. The minimum Gasteiger partial charge on any atom is -0.491 e. The molecule has 0 aliphatic rings. The molecule has 4 heteroatoms. The Labute approximate surface area is 111 Å². The number of halogens is 1. The summed E-state index contributed by atoms with van der Waals surface area (Å²) in [5, 5.41) is 0. The second kappa shape index (κ2) is 5.26. The molecule has 2 rings (SSSR count). The van der Waals surface area contributed by atoms with Crippen LogP contribution < -0.4 is 10.3 Å². The molecule has 0 aliphatic carbocycles. The van der Waals surface area contributed by atoms with Crippen LogP contribution in [0.15, 0.2) is 41.3 Å². The second-order valence-electron chi connectivity index (χ2n) is 4.73. The van der Waals surface area contributed by atoms with Crippen molar-refractivity contribution >= 4 is 0 Å². The van der Waals surface area contributed by atoms with Crippen molar-refractivity contribution in [1.29, 1.82) is 0 Å². The normalized spacial score (nSPS) is 10.8. The molecule has 3 nitrogen and oxygen atoms in total. The van der Waals surface area contributed by atoms with Gasteiger partial charge in [-0.2, -0.15) is 0 Å². The van der Waals surface area contributed by atoms with Crippen molar-refractivity contribution in [1.82, 2.24) is 4.57 Å². The summed E-state index contributed by atoms with van der Waals surface area (Å²) in [5.74, 6) is -0.0139. The van der Waals surface area contributed by atoms with E-state index in [1.807, 2.05) is 20.8 Å². The molecule has 0 spiro atoms. The third kappa shape index (κ3) is 3.22. The zero-order valence-corrected chi connectivity index (χ0v) is 11.2. The molecule has 0 amide bonds. The lowest BCUT2D eigenvalue weighted by Gasteiger charge is -2.12. The van der Waals surface area contributed by atoms with Gasteiger partial charge in [0.05, 0.1) is 11.8 Å². The molecule has 0 aliphatic heterocycles. The molecule has 2 aromatic rings. The summed E-state index contributed by atoms with van der Waals surface area (Å²) in [7, 11) is 0. The number of aryl methyl sites for hydroxylation is 1. The van der Waals surface area contributed by atoms with Crippen LogP contribution in [0.2, 0.25) is 0 Å². The van der Waals surface area contributed by atoms with Crippen LogP contribution >= 0.6 is 0 Å². The second-order valence-corrected chi connectivity index (χ2v) is 4.73. The smallest absolute Gasteiger partial charge is 0.255 e. The number of nitrogens with zero attached hydrogens (tertiary/aromatic N) is 1. The first-order valence-corrected chi connectivity index (χ1v) is 6.12. The van der Waals surface area contributed by atoms with E-state index in [1.165, 1.54) is 22.8 Å². The Balaban J connectivity index is 2.52. The maximum Gasteiger partial charge on any atom is 0.255 e. The molecule has 0 saturated carbocycles. The Bertz CT molecular complexity index is 647. The predicted molar refractivity (Wildman–Crippen MR) is 72.5 cm³/mol. The van der Waals surface area contributed by atoms with E-state index in [2.05, 4.69) is 0 Å². The van der Waals surface area contributed by atoms with Gasteiger partial charge >= 0.3 is 0 Å². The number of benzene rings is 1. The van der Waals surface area contributed by atoms with Crippen LogP contribution in [0, 0.1) is 12.7 Å². The highest BCUT2D eigenvalue weighted by molar-refractivity contribution is 5.40. The van der Waals surface area contributed by atoms with Crippen LogP contribution in [0.4, 0.5) is 4.39 Å². The Hall–Kier alpha value is -2.10. The van der Waals surface area contributed by atoms with Crippen LogP contribution in [0.5, 0.6) is 5.75 Å². The van der Waals surface area contributed by atoms with Gasteiger partial charge in [-0.3, -0.25) is 9.36 Å². The summed E-state index contributed by atoms with van der Waals surface area (Å²) in [6.45, 7) is 5.60. The minimum atomic E-state index is -0.429. The van der Waals surface area contributed by atoms with Crippen molar-refractivity contribution in [3.63, 3.8) is 0 Å². The molecule has 0 saturated heterocycles. The molecule has 19 heavy (non-hydrogen) atoms. The number of aromatic nitrogens is 1. The largest absolute Gasteiger partial charge is 0.491 e. The maximum atomic E-state index is 13.6.